The number of anilines is 2. The minimum atomic E-state index is -0.133. The second kappa shape index (κ2) is 8.79. The van der Waals surface area contributed by atoms with Crippen LogP contribution in [0.3, 0.4) is 0 Å². The third kappa shape index (κ3) is 4.38. The zero-order valence-corrected chi connectivity index (χ0v) is 18.7. The molecule has 1 amide bonds. The van der Waals surface area contributed by atoms with Gasteiger partial charge in [0.05, 0.1) is 31.0 Å². The van der Waals surface area contributed by atoms with Crippen LogP contribution >= 0.6 is 23.1 Å². The van der Waals surface area contributed by atoms with E-state index >= 15 is 0 Å². The molecule has 1 aliphatic heterocycles. The minimum absolute atomic E-state index is 0.133. The number of carbonyl (C=O) groups is 1. The number of thioether (sulfide) groups is 1. The van der Waals surface area contributed by atoms with Gasteiger partial charge in [-0.2, -0.15) is 0 Å². The Kier molecular flexibility index (Phi) is 6.12. The largest absolute Gasteiger partial charge is 0.497 e. The van der Waals surface area contributed by atoms with Crippen LogP contribution in [-0.2, 0) is 22.6 Å². The number of ether oxygens (including phenoxy) is 2. The first-order chi connectivity index (χ1) is 14.4. The summed E-state index contributed by atoms with van der Waals surface area (Å²) in [7, 11) is 1.60. The van der Waals surface area contributed by atoms with E-state index in [1.54, 1.807) is 42.7 Å². The van der Waals surface area contributed by atoms with E-state index in [0.717, 1.165) is 22.4 Å². The fourth-order valence-corrected chi connectivity index (χ4v) is 5.22. The normalized spacial score (nSPS) is 15.9. The number of thiophene rings is 1. The molecule has 3 N–H and O–H groups in total. The van der Waals surface area contributed by atoms with E-state index in [-0.39, 0.29) is 17.8 Å². The number of benzene rings is 1. The summed E-state index contributed by atoms with van der Waals surface area (Å²) >= 11 is 2.87. The smallest absolute Gasteiger partial charge is 0.234 e. The van der Waals surface area contributed by atoms with Crippen molar-refractivity contribution in [2.75, 3.05) is 23.9 Å². The van der Waals surface area contributed by atoms with Crippen LogP contribution in [-0.4, -0.2) is 34.8 Å². The van der Waals surface area contributed by atoms with Crippen molar-refractivity contribution in [1.29, 1.82) is 0 Å². The summed E-state index contributed by atoms with van der Waals surface area (Å²) < 4.78 is 11.1. The molecule has 1 atom stereocenters. The summed E-state index contributed by atoms with van der Waals surface area (Å²) in [5.74, 6) is 1.71. The molecule has 0 radical (unpaired) electrons. The monoisotopic (exact) mass is 444 g/mol. The van der Waals surface area contributed by atoms with Crippen molar-refractivity contribution in [3.05, 3.63) is 34.7 Å². The third-order valence-electron chi connectivity index (χ3n) is 5.03. The lowest BCUT2D eigenvalue weighted by Gasteiger charge is -2.26. The Balaban J connectivity index is 1.45. The highest BCUT2D eigenvalue weighted by atomic mass is 32.2. The highest BCUT2D eigenvalue weighted by Gasteiger charge is 2.27. The molecule has 7 nitrogen and oxygen atoms in total. The SMILES string of the molecule is COc1ccc(NC(=O)CSc2nc(N)c3c4c(sc3n2)COC(C(C)C)C4)cc1. The van der Waals surface area contributed by atoms with Gasteiger partial charge in [0.1, 0.15) is 16.4 Å². The van der Waals surface area contributed by atoms with Crippen LogP contribution in [0.2, 0.25) is 0 Å². The molecular weight excluding hydrogens is 420 g/mol. The van der Waals surface area contributed by atoms with Crippen LogP contribution in [0.25, 0.3) is 10.2 Å². The Labute approximate surface area is 183 Å². The number of amides is 1. The standard InChI is InChI=1S/C21H24N4O3S2/c1-11(2)15-8-14-16(9-28-15)30-20-18(14)19(22)24-21(25-20)29-10-17(26)23-12-4-6-13(27-3)7-5-12/h4-7,11,15H,8-10H2,1-3H3,(H,23,26)(H2,22,24,25). The van der Waals surface area contributed by atoms with Crippen molar-refractivity contribution < 1.29 is 14.3 Å². The number of nitrogens with zero attached hydrogens (tertiary/aromatic N) is 2. The molecule has 1 aromatic carbocycles. The van der Waals surface area contributed by atoms with E-state index in [1.165, 1.54) is 22.2 Å². The number of nitrogens with one attached hydrogen (secondary N) is 1. The summed E-state index contributed by atoms with van der Waals surface area (Å²) in [5, 5.41) is 4.30. The zero-order chi connectivity index (χ0) is 21.3. The average Bonchev–Trinajstić information content (AvgIpc) is 3.11. The number of fused-ring (bicyclic) bond motifs is 3. The third-order valence-corrected chi connectivity index (χ3v) is 6.97. The van der Waals surface area contributed by atoms with Gasteiger partial charge in [0.25, 0.3) is 0 Å². The predicted molar refractivity (Wildman–Crippen MR) is 121 cm³/mol. The molecule has 0 bridgehead atoms. The molecule has 1 aliphatic rings. The highest BCUT2D eigenvalue weighted by molar-refractivity contribution is 7.99. The maximum absolute atomic E-state index is 12.3. The lowest BCUT2D eigenvalue weighted by Crippen LogP contribution is -2.26. The molecule has 0 saturated carbocycles. The molecule has 0 saturated heterocycles. The number of aromatic nitrogens is 2. The topological polar surface area (TPSA) is 99.4 Å². The van der Waals surface area contributed by atoms with Gasteiger partial charge in [0.15, 0.2) is 5.16 Å². The number of nitrogen functional groups attached to an aromatic ring is 1. The Morgan fingerprint density at radius 2 is 2.13 bits per heavy atom. The van der Waals surface area contributed by atoms with Gasteiger partial charge < -0.3 is 20.5 Å². The molecule has 4 rings (SSSR count). The molecule has 0 fully saturated rings. The molecule has 3 aromatic rings. The molecule has 2 aromatic heterocycles. The second-order valence-corrected chi connectivity index (χ2v) is 9.46. The van der Waals surface area contributed by atoms with Gasteiger partial charge in [-0.3, -0.25) is 4.79 Å². The van der Waals surface area contributed by atoms with E-state index < -0.39 is 0 Å². The molecular formula is C21H24N4O3S2. The maximum Gasteiger partial charge on any atom is 0.234 e. The summed E-state index contributed by atoms with van der Waals surface area (Å²) in [6, 6.07) is 7.19. The predicted octanol–water partition coefficient (Wildman–Crippen LogP) is 4.11. The van der Waals surface area contributed by atoms with Crippen molar-refractivity contribution in [3.8, 4) is 5.75 Å². The zero-order valence-electron chi connectivity index (χ0n) is 17.1. The first kappa shape index (κ1) is 20.9. The molecule has 0 spiro atoms. The van der Waals surface area contributed by atoms with Crippen LogP contribution in [0.1, 0.15) is 24.3 Å². The minimum Gasteiger partial charge on any atom is -0.497 e. The number of hydrogen-bond donors (Lipinski definition) is 2. The van der Waals surface area contributed by atoms with Gasteiger partial charge in [-0.15, -0.1) is 11.3 Å². The summed E-state index contributed by atoms with van der Waals surface area (Å²) in [6.07, 6.45) is 1.02. The average molecular weight is 445 g/mol. The number of carbonyl (C=O) groups excluding carboxylic acids is 1. The molecule has 9 heteroatoms. The number of nitrogens with two attached hydrogens (primary N) is 1. The van der Waals surface area contributed by atoms with E-state index in [0.29, 0.717) is 29.2 Å². The highest BCUT2D eigenvalue weighted by Crippen LogP contribution is 2.39. The molecule has 30 heavy (non-hydrogen) atoms. The van der Waals surface area contributed by atoms with Crippen LogP contribution in [0.5, 0.6) is 5.75 Å². The van der Waals surface area contributed by atoms with Gasteiger partial charge >= 0.3 is 0 Å². The van der Waals surface area contributed by atoms with Crippen molar-refractivity contribution in [1.82, 2.24) is 9.97 Å². The van der Waals surface area contributed by atoms with E-state index in [1.807, 2.05) is 0 Å². The van der Waals surface area contributed by atoms with Crippen molar-refractivity contribution in [3.63, 3.8) is 0 Å². The lowest BCUT2D eigenvalue weighted by molar-refractivity contribution is -0.113. The van der Waals surface area contributed by atoms with Gasteiger partial charge in [0.2, 0.25) is 5.91 Å². The van der Waals surface area contributed by atoms with E-state index in [2.05, 4.69) is 29.1 Å². The van der Waals surface area contributed by atoms with Crippen molar-refractivity contribution in [2.45, 2.75) is 38.1 Å². The molecule has 1 unspecified atom stereocenters. The fourth-order valence-electron chi connectivity index (χ4n) is 3.38. The summed E-state index contributed by atoms with van der Waals surface area (Å²) in [6.45, 7) is 4.91. The van der Waals surface area contributed by atoms with E-state index in [4.69, 9.17) is 15.2 Å². The fraction of sp³-hybridized carbons (Fsp3) is 0.381. The van der Waals surface area contributed by atoms with Crippen LogP contribution in [0, 0.1) is 5.92 Å². The van der Waals surface area contributed by atoms with E-state index in [9.17, 15) is 4.79 Å². The molecule has 158 valence electrons. The Morgan fingerprint density at radius 3 is 2.83 bits per heavy atom. The van der Waals surface area contributed by atoms with Gasteiger partial charge in [-0.25, -0.2) is 9.97 Å². The maximum atomic E-state index is 12.3. The number of hydrogen-bond acceptors (Lipinski definition) is 8. The van der Waals surface area contributed by atoms with Crippen LogP contribution in [0.15, 0.2) is 29.4 Å². The van der Waals surface area contributed by atoms with Gasteiger partial charge in [0, 0.05) is 17.0 Å². The quantitative estimate of drug-likeness (QED) is 0.436. The Hall–Kier alpha value is -2.36. The Morgan fingerprint density at radius 1 is 1.37 bits per heavy atom. The first-order valence-electron chi connectivity index (χ1n) is 9.70. The Bertz CT molecular complexity index is 1070. The molecule has 3 heterocycles. The lowest BCUT2D eigenvalue weighted by atomic mass is 9.96. The number of methoxy groups -OCH3 is 1. The van der Waals surface area contributed by atoms with Crippen molar-refractivity contribution in [2.24, 2.45) is 5.92 Å². The van der Waals surface area contributed by atoms with Crippen LogP contribution < -0.4 is 15.8 Å². The van der Waals surface area contributed by atoms with Gasteiger partial charge in [-0.1, -0.05) is 25.6 Å². The second-order valence-electron chi connectivity index (χ2n) is 7.44. The number of rotatable bonds is 6. The van der Waals surface area contributed by atoms with Gasteiger partial charge in [-0.05, 0) is 35.7 Å². The van der Waals surface area contributed by atoms with Crippen molar-refractivity contribution >= 4 is 50.7 Å². The summed E-state index contributed by atoms with van der Waals surface area (Å²) in [4.78, 5) is 23.4. The first-order valence-corrected chi connectivity index (χ1v) is 11.5. The molecule has 0 aliphatic carbocycles. The summed E-state index contributed by atoms with van der Waals surface area (Å²) in [5.41, 5.74) is 8.22. The van der Waals surface area contributed by atoms with Crippen LogP contribution in [0.4, 0.5) is 11.5 Å².